The second-order valence-corrected chi connectivity index (χ2v) is 3.14. The molecule has 0 aliphatic heterocycles. The predicted octanol–water partition coefficient (Wildman–Crippen LogP) is 1.23. The molecule has 0 radical (unpaired) electrons. The monoisotopic (exact) mass is 247 g/mol. The van der Waals surface area contributed by atoms with E-state index < -0.39 is 24.3 Å². The number of carboxylic acid groups (broad SMARTS) is 1. The Bertz CT molecular complexity index is 424. The van der Waals surface area contributed by atoms with Crippen LogP contribution in [0.3, 0.4) is 0 Å². The van der Waals surface area contributed by atoms with E-state index in [9.17, 15) is 14.0 Å². The standard InChI is InChI=1S/C9H7ClFNO4/c10-7-3-5(11)1-2-6(7)9(15)12-16-4-8(13)14/h1-3H,4H2,(H,12,15)(H,13,14). The Hall–Kier alpha value is -1.66. The number of carbonyl (C=O) groups excluding carboxylic acids is 1. The highest BCUT2D eigenvalue weighted by atomic mass is 35.5. The minimum atomic E-state index is -1.23. The Morgan fingerprint density at radius 2 is 2.19 bits per heavy atom. The Balaban J connectivity index is 2.63. The summed E-state index contributed by atoms with van der Waals surface area (Å²) in [7, 11) is 0. The molecule has 5 nitrogen and oxygen atoms in total. The van der Waals surface area contributed by atoms with Gasteiger partial charge in [0.2, 0.25) is 0 Å². The number of rotatable bonds is 4. The minimum Gasteiger partial charge on any atom is -0.479 e. The van der Waals surface area contributed by atoms with E-state index in [0.29, 0.717) is 0 Å². The highest BCUT2D eigenvalue weighted by Crippen LogP contribution is 2.16. The van der Waals surface area contributed by atoms with E-state index in [-0.39, 0.29) is 10.6 Å². The first kappa shape index (κ1) is 12.4. The zero-order valence-electron chi connectivity index (χ0n) is 7.87. The van der Waals surface area contributed by atoms with Crippen molar-refractivity contribution in [1.29, 1.82) is 0 Å². The van der Waals surface area contributed by atoms with Crippen molar-refractivity contribution in [3.8, 4) is 0 Å². The lowest BCUT2D eigenvalue weighted by molar-refractivity contribution is -0.144. The van der Waals surface area contributed by atoms with Gasteiger partial charge in [-0.2, -0.15) is 0 Å². The van der Waals surface area contributed by atoms with Gasteiger partial charge in [-0.25, -0.2) is 14.7 Å². The fourth-order valence-electron chi connectivity index (χ4n) is 0.892. The number of carboxylic acids is 1. The second-order valence-electron chi connectivity index (χ2n) is 2.74. The molecular formula is C9H7ClFNO4. The van der Waals surface area contributed by atoms with E-state index in [1.807, 2.05) is 5.48 Å². The molecule has 0 saturated carbocycles. The van der Waals surface area contributed by atoms with Gasteiger partial charge in [0, 0.05) is 0 Å². The van der Waals surface area contributed by atoms with Crippen LogP contribution in [0, 0.1) is 5.82 Å². The summed E-state index contributed by atoms with van der Waals surface area (Å²) in [5.74, 6) is -2.55. The molecule has 0 aliphatic carbocycles. The van der Waals surface area contributed by atoms with Gasteiger partial charge < -0.3 is 5.11 Å². The number of aliphatic carboxylic acids is 1. The summed E-state index contributed by atoms with van der Waals surface area (Å²) in [6.07, 6.45) is 0. The molecule has 0 spiro atoms. The van der Waals surface area contributed by atoms with Crippen molar-refractivity contribution in [2.24, 2.45) is 0 Å². The number of amides is 1. The molecule has 1 rings (SSSR count). The van der Waals surface area contributed by atoms with Gasteiger partial charge in [-0.05, 0) is 18.2 Å². The maximum atomic E-state index is 12.6. The number of benzene rings is 1. The average Bonchev–Trinajstić information content (AvgIpc) is 2.16. The molecule has 1 aromatic carbocycles. The zero-order chi connectivity index (χ0) is 12.1. The van der Waals surface area contributed by atoms with E-state index in [0.717, 1.165) is 18.2 Å². The molecule has 0 heterocycles. The molecule has 0 bridgehead atoms. The fraction of sp³-hybridized carbons (Fsp3) is 0.111. The van der Waals surface area contributed by atoms with Crippen molar-refractivity contribution in [3.05, 3.63) is 34.6 Å². The quantitative estimate of drug-likeness (QED) is 0.785. The maximum absolute atomic E-state index is 12.6. The van der Waals surface area contributed by atoms with Crippen LogP contribution in [0.15, 0.2) is 18.2 Å². The highest BCUT2D eigenvalue weighted by molar-refractivity contribution is 6.33. The molecule has 1 aromatic rings. The molecule has 7 heteroatoms. The molecule has 0 saturated heterocycles. The van der Waals surface area contributed by atoms with E-state index in [1.165, 1.54) is 0 Å². The normalized spacial score (nSPS) is 9.88. The van der Waals surface area contributed by atoms with Gasteiger partial charge in [-0.15, -0.1) is 0 Å². The number of carbonyl (C=O) groups is 2. The lowest BCUT2D eigenvalue weighted by Crippen LogP contribution is -2.26. The Morgan fingerprint density at radius 3 is 2.75 bits per heavy atom. The van der Waals surface area contributed by atoms with Gasteiger partial charge in [0.25, 0.3) is 5.91 Å². The van der Waals surface area contributed by atoms with Crippen molar-refractivity contribution in [2.75, 3.05) is 6.61 Å². The van der Waals surface area contributed by atoms with Crippen LogP contribution in [0.4, 0.5) is 4.39 Å². The van der Waals surface area contributed by atoms with Crippen LogP contribution in [-0.4, -0.2) is 23.6 Å². The Morgan fingerprint density at radius 1 is 1.50 bits per heavy atom. The molecule has 16 heavy (non-hydrogen) atoms. The summed E-state index contributed by atoms with van der Waals surface area (Å²) in [6, 6.07) is 3.18. The average molecular weight is 248 g/mol. The van der Waals surface area contributed by atoms with Crippen LogP contribution in [-0.2, 0) is 9.63 Å². The topological polar surface area (TPSA) is 75.6 Å². The summed E-state index contributed by atoms with van der Waals surface area (Å²) in [5, 5.41) is 8.15. The summed E-state index contributed by atoms with van der Waals surface area (Å²) in [4.78, 5) is 25.7. The van der Waals surface area contributed by atoms with E-state index in [4.69, 9.17) is 16.7 Å². The van der Waals surface area contributed by atoms with Crippen molar-refractivity contribution in [2.45, 2.75) is 0 Å². The van der Waals surface area contributed by atoms with Crippen molar-refractivity contribution in [1.82, 2.24) is 5.48 Å². The fourth-order valence-corrected chi connectivity index (χ4v) is 1.15. The zero-order valence-corrected chi connectivity index (χ0v) is 8.62. The van der Waals surface area contributed by atoms with Crippen LogP contribution in [0.5, 0.6) is 0 Å². The summed E-state index contributed by atoms with van der Waals surface area (Å²) >= 11 is 5.59. The highest BCUT2D eigenvalue weighted by Gasteiger charge is 2.11. The van der Waals surface area contributed by atoms with E-state index in [2.05, 4.69) is 4.84 Å². The molecule has 0 unspecified atom stereocenters. The number of hydroxylamine groups is 1. The molecule has 0 fully saturated rings. The third kappa shape index (κ3) is 3.48. The van der Waals surface area contributed by atoms with E-state index in [1.54, 1.807) is 0 Å². The molecule has 0 atom stereocenters. The van der Waals surface area contributed by atoms with Gasteiger partial charge >= 0.3 is 5.97 Å². The third-order valence-corrected chi connectivity index (χ3v) is 1.85. The first-order valence-corrected chi connectivity index (χ1v) is 4.47. The largest absolute Gasteiger partial charge is 0.479 e. The first-order chi connectivity index (χ1) is 7.50. The molecule has 86 valence electrons. The van der Waals surface area contributed by atoms with Crippen LogP contribution < -0.4 is 5.48 Å². The number of hydrogen-bond acceptors (Lipinski definition) is 3. The molecule has 0 aliphatic rings. The van der Waals surface area contributed by atoms with Crippen LogP contribution in [0.2, 0.25) is 5.02 Å². The maximum Gasteiger partial charge on any atom is 0.332 e. The van der Waals surface area contributed by atoms with Crippen molar-refractivity contribution >= 4 is 23.5 Å². The van der Waals surface area contributed by atoms with Gasteiger partial charge in [0.05, 0.1) is 10.6 Å². The van der Waals surface area contributed by atoms with Crippen molar-refractivity contribution in [3.63, 3.8) is 0 Å². The lowest BCUT2D eigenvalue weighted by Gasteiger charge is -2.05. The van der Waals surface area contributed by atoms with Gasteiger partial charge in [0.15, 0.2) is 6.61 Å². The number of nitrogens with one attached hydrogen (secondary N) is 1. The van der Waals surface area contributed by atoms with Gasteiger partial charge in [0.1, 0.15) is 5.82 Å². The SMILES string of the molecule is O=C(O)CONC(=O)c1ccc(F)cc1Cl. The van der Waals surface area contributed by atoms with Gasteiger partial charge in [-0.3, -0.25) is 9.63 Å². The van der Waals surface area contributed by atoms with Crippen LogP contribution >= 0.6 is 11.6 Å². The minimum absolute atomic E-state index is 0.00606. The predicted molar refractivity (Wildman–Crippen MR) is 52.5 cm³/mol. The molecule has 2 N–H and O–H groups in total. The lowest BCUT2D eigenvalue weighted by atomic mass is 10.2. The first-order valence-electron chi connectivity index (χ1n) is 4.09. The molecular weight excluding hydrogens is 241 g/mol. The number of halogens is 2. The third-order valence-electron chi connectivity index (χ3n) is 1.54. The summed E-state index contributed by atoms with van der Waals surface area (Å²) in [5.41, 5.74) is 1.86. The Labute approximate surface area is 94.7 Å². The van der Waals surface area contributed by atoms with E-state index >= 15 is 0 Å². The Kier molecular flexibility index (Phi) is 4.21. The molecule has 0 aromatic heterocycles. The molecule has 1 amide bonds. The number of hydrogen-bond donors (Lipinski definition) is 2. The van der Waals surface area contributed by atoms with Crippen LogP contribution in [0.25, 0.3) is 0 Å². The second kappa shape index (κ2) is 5.43. The summed E-state index contributed by atoms with van der Waals surface area (Å²) < 4.78 is 12.6. The smallest absolute Gasteiger partial charge is 0.332 e. The van der Waals surface area contributed by atoms with Gasteiger partial charge in [-0.1, -0.05) is 11.6 Å². The van der Waals surface area contributed by atoms with Crippen molar-refractivity contribution < 1.29 is 23.9 Å². The summed E-state index contributed by atoms with van der Waals surface area (Å²) in [6.45, 7) is -0.676. The van der Waals surface area contributed by atoms with Crippen LogP contribution in [0.1, 0.15) is 10.4 Å².